The summed E-state index contributed by atoms with van der Waals surface area (Å²) >= 11 is 0. The van der Waals surface area contributed by atoms with Crippen molar-refractivity contribution in [3.63, 3.8) is 0 Å². The normalized spacial score (nSPS) is 17.9. The molecule has 0 radical (unpaired) electrons. The van der Waals surface area contributed by atoms with Gasteiger partial charge in [0.15, 0.2) is 11.5 Å². The van der Waals surface area contributed by atoms with Crippen molar-refractivity contribution in [3.8, 4) is 23.0 Å². The second-order valence-electron chi connectivity index (χ2n) is 9.63. The van der Waals surface area contributed by atoms with Crippen molar-refractivity contribution in [2.24, 2.45) is 0 Å². The molecule has 1 fully saturated rings. The zero-order valence-electron chi connectivity index (χ0n) is 21.6. The smallest absolute Gasteiger partial charge is 0.300 e. The number of hydrogen-bond acceptors (Lipinski definition) is 7. The van der Waals surface area contributed by atoms with Gasteiger partial charge in [-0.3, -0.25) is 14.5 Å². The third-order valence-corrected chi connectivity index (χ3v) is 6.15. The highest BCUT2D eigenvalue weighted by Gasteiger charge is 2.47. The molecule has 1 unspecified atom stereocenters. The molecular formula is C30H29NO7. The maximum atomic E-state index is 13.4. The van der Waals surface area contributed by atoms with E-state index in [2.05, 4.69) is 0 Å². The summed E-state index contributed by atoms with van der Waals surface area (Å²) < 4.78 is 22.4. The quantitative estimate of drug-likeness (QED) is 0.248. The van der Waals surface area contributed by atoms with Crippen LogP contribution in [0, 0.1) is 0 Å². The molecule has 1 saturated heterocycles. The van der Waals surface area contributed by atoms with Crippen LogP contribution in [0.25, 0.3) is 5.76 Å². The number of ketones is 1. The monoisotopic (exact) mass is 515 g/mol. The number of ether oxygens (including phenoxy) is 4. The molecule has 1 atom stereocenters. The Morgan fingerprint density at radius 2 is 1.42 bits per heavy atom. The molecule has 2 heterocycles. The summed E-state index contributed by atoms with van der Waals surface area (Å²) in [7, 11) is 0. The number of nitrogens with zero attached hydrogens (tertiary/aromatic N) is 1. The van der Waals surface area contributed by atoms with Gasteiger partial charge in [-0.25, -0.2) is 0 Å². The summed E-state index contributed by atoms with van der Waals surface area (Å²) in [5.41, 5.74) is 1.47. The number of carbonyl (C=O) groups excluding carboxylic acids is 2. The molecule has 0 spiro atoms. The van der Waals surface area contributed by atoms with Crippen molar-refractivity contribution in [1.29, 1.82) is 0 Å². The molecule has 8 heteroatoms. The van der Waals surface area contributed by atoms with E-state index in [0.717, 1.165) is 0 Å². The molecule has 0 aliphatic carbocycles. The number of aliphatic hydroxyl groups is 1. The highest BCUT2D eigenvalue weighted by atomic mass is 16.7. The Hall–Kier alpha value is -4.46. The second kappa shape index (κ2) is 10.1. The molecule has 2 aliphatic rings. The Morgan fingerprint density at radius 3 is 2.03 bits per heavy atom. The average Bonchev–Trinajstić information content (AvgIpc) is 3.46. The lowest BCUT2D eigenvalue weighted by Crippen LogP contribution is -2.29. The van der Waals surface area contributed by atoms with E-state index in [1.54, 1.807) is 66.7 Å². The summed E-state index contributed by atoms with van der Waals surface area (Å²) in [6, 6.07) is 18.1. The molecule has 1 N–H and O–H groups in total. The van der Waals surface area contributed by atoms with Crippen LogP contribution in [-0.4, -0.2) is 35.8 Å². The first-order valence-corrected chi connectivity index (χ1v) is 12.5. The summed E-state index contributed by atoms with van der Waals surface area (Å²) in [6.45, 7) is 7.78. The van der Waals surface area contributed by atoms with Gasteiger partial charge in [-0.15, -0.1) is 0 Å². The maximum Gasteiger partial charge on any atom is 0.300 e. The summed E-state index contributed by atoms with van der Waals surface area (Å²) in [5, 5.41) is 11.4. The minimum atomic E-state index is -0.880. The Labute approximate surface area is 221 Å². The van der Waals surface area contributed by atoms with Gasteiger partial charge >= 0.3 is 0 Å². The van der Waals surface area contributed by atoms with Gasteiger partial charge in [0.2, 0.25) is 6.79 Å². The number of aliphatic hydroxyl groups excluding tert-OH is 1. The Bertz CT molecular complexity index is 1390. The number of anilines is 1. The summed E-state index contributed by atoms with van der Waals surface area (Å²) in [4.78, 5) is 28.2. The first-order valence-electron chi connectivity index (χ1n) is 12.5. The summed E-state index contributed by atoms with van der Waals surface area (Å²) in [5.74, 6) is 0.521. The van der Waals surface area contributed by atoms with Gasteiger partial charge in [0.25, 0.3) is 11.7 Å². The SMILES string of the molecule is CC(C)Oc1ccc(/C(O)=C2\C(=O)C(=O)N(c3ccc4c(c3)OCO4)C2c2ccc(OC(C)C)cc2)cc1. The van der Waals surface area contributed by atoms with Crippen LogP contribution in [0.1, 0.15) is 44.9 Å². The molecule has 5 rings (SSSR count). The Morgan fingerprint density at radius 1 is 0.842 bits per heavy atom. The largest absolute Gasteiger partial charge is 0.507 e. The van der Waals surface area contributed by atoms with E-state index < -0.39 is 17.7 Å². The third-order valence-electron chi connectivity index (χ3n) is 6.15. The maximum absolute atomic E-state index is 13.4. The van der Waals surface area contributed by atoms with Gasteiger partial charge < -0.3 is 24.1 Å². The number of Topliss-reactive ketones (excluding diaryl/α,β-unsaturated/α-hetero) is 1. The van der Waals surface area contributed by atoms with E-state index in [4.69, 9.17) is 18.9 Å². The van der Waals surface area contributed by atoms with Crippen LogP contribution in [-0.2, 0) is 9.59 Å². The number of carbonyl (C=O) groups is 2. The zero-order valence-corrected chi connectivity index (χ0v) is 21.6. The molecule has 3 aromatic rings. The lowest BCUT2D eigenvalue weighted by atomic mass is 9.95. The lowest BCUT2D eigenvalue weighted by Gasteiger charge is -2.26. The molecular weight excluding hydrogens is 486 g/mol. The van der Waals surface area contributed by atoms with Crippen molar-refractivity contribution in [2.45, 2.75) is 45.9 Å². The van der Waals surface area contributed by atoms with Crippen LogP contribution in [0.4, 0.5) is 5.69 Å². The number of rotatable bonds is 7. The van der Waals surface area contributed by atoms with Crippen LogP contribution in [0.2, 0.25) is 0 Å². The fraction of sp³-hybridized carbons (Fsp3) is 0.267. The van der Waals surface area contributed by atoms with Crippen LogP contribution < -0.4 is 23.8 Å². The molecule has 8 nitrogen and oxygen atoms in total. The number of amides is 1. The van der Waals surface area contributed by atoms with Crippen LogP contribution in [0.5, 0.6) is 23.0 Å². The average molecular weight is 516 g/mol. The molecule has 0 saturated carbocycles. The summed E-state index contributed by atoms with van der Waals surface area (Å²) in [6.07, 6.45) is -0.0214. The van der Waals surface area contributed by atoms with Crippen molar-refractivity contribution in [2.75, 3.05) is 11.7 Å². The van der Waals surface area contributed by atoms with Gasteiger partial charge in [-0.2, -0.15) is 0 Å². The highest BCUT2D eigenvalue weighted by molar-refractivity contribution is 6.51. The van der Waals surface area contributed by atoms with Crippen molar-refractivity contribution >= 4 is 23.1 Å². The van der Waals surface area contributed by atoms with Crippen molar-refractivity contribution in [3.05, 3.63) is 83.4 Å². The number of fused-ring (bicyclic) bond motifs is 1. The van der Waals surface area contributed by atoms with E-state index in [1.165, 1.54) is 4.90 Å². The van der Waals surface area contributed by atoms with Crippen molar-refractivity contribution < 1.29 is 33.6 Å². The first-order chi connectivity index (χ1) is 18.2. The van der Waals surface area contributed by atoms with Crippen LogP contribution in [0.15, 0.2) is 72.3 Å². The second-order valence-corrected chi connectivity index (χ2v) is 9.63. The van der Waals surface area contributed by atoms with Gasteiger partial charge in [-0.05, 0) is 81.8 Å². The topological polar surface area (TPSA) is 94.5 Å². The Balaban J connectivity index is 1.61. The molecule has 0 bridgehead atoms. The molecule has 0 aromatic heterocycles. The predicted octanol–water partition coefficient (Wildman–Crippen LogP) is 5.62. The minimum Gasteiger partial charge on any atom is -0.507 e. The standard InChI is InChI=1S/C30H29NO7/c1-17(2)37-22-10-5-19(6-11-22)27-26(28(32)20-7-12-23(13-8-20)38-18(3)4)29(33)30(34)31(27)21-9-14-24-25(15-21)36-16-35-24/h5-15,17-18,27,32H,16H2,1-4H3/b28-26+. The van der Waals surface area contributed by atoms with Crippen LogP contribution in [0.3, 0.4) is 0 Å². The third kappa shape index (κ3) is 4.77. The highest BCUT2D eigenvalue weighted by Crippen LogP contribution is 2.45. The number of benzene rings is 3. The molecule has 3 aromatic carbocycles. The van der Waals surface area contributed by atoms with E-state index in [1.807, 2.05) is 27.7 Å². The van der Waals surface area contributed by atoms with Gasteiger partial charge in [-0.1, -0.05) is 12.1 Å². The molecule has 196 valence electrons. The van der Waals surface area contributed by atoms with E-state index in [0.29, 0.717) is 39.8 Å². The van der Waals surface area contributed by atoms with Crippen molar-refractivity contribution in [1.82, 2.24) is 0 Å². The molecule has 38 heavy (non-hydrogen) atoms. The van der Waals surface area contributed by atoms with Gasteiger partial charge in [0, 0.05) is 17.3 Å². The van der Waals surface area contributed by atoms with E-state index >= 15 is 0 Å². The van der Waals surface area contributed by atoms with Gasteiger partial charge in [0.1, 0.15) is 17.3 Å². The minimum absolute atomic E-state index is 0.0101. The molecule has 1 amide bonds. The molecule has 2 aliphatic heterocycles. The van der Waals surface area contributed by atoms with Gasteiger partial charge in [0.05, 0.1) is 23.8 Å². The zero-order chi connectivity index (χ0) is 27.0. The van der Waals surface area contributed by atoms with E-state index in [9.17, 15) is 14.7 Å². The van der Waals surface area contributed by atoms with E-state index in [-0.39, 0.29) is 30.3 Å². The predicted molar refractivity (Wildman–Crippen MR) is 142 cm³/mol. The lowest BCUT2D eigenvalue weighted by molar-refractivity contribution is -0.132. The fourth-order valence-electron chi connectivity index (χ4n) is 4.57. The number of hydrogen-bond donors (Lipinski definition) is 1. The Kier molecular flexibility index (Phi) is 6.72. The fourth-order valence-corrected chi connectivity index (χ4v) is 4.57. The van der Waals surface area contributed by atoms with Crippen LogP contribution >= 0.6 is 0 Å². The first kappa shape index (κ1) is 25.2.